The smallest absolute Gasteiger partial charge is 0.336 e. The second-order valence-corrected chi connectivity index (χ2v) is 7.46. The number of hydrogen-bond donors (Lipinski definition) is 0. The number of carbonyl (C=O) groups excluding carboxylic acids is 2. The number of carbonyl (C=O) groups is 2. The maximum absolute atomic E-state index is 12.2. The van der Waals surface area contributed by atoms with E-state index in [9.17, 15) is 9.59 Å². The van der Waals surface area contributed by atoms with Crippen molar-refractivity contribution in [2.24, 2.45) is 0 Å². The van der Waals surface area contributed by atoms with Crippen molar-refractivity contribution in [1.29, 1.82) is 0 Å². The molecule has 0 saturated carbocycles. The van der Waals surface area contributed by atoms with Crippen LogP contribution in [0.25, 0.3) is 6.08 Å². The van der Waals surface area contributed by atoms with Crippen LogP contribution in [0, 0.1) is 6.92 Å². The zero-order valence-corrected chi connectivity index (χ0v) is 17.7. The number of ketones is 1. The lowest BCUT2D eigenvalue weighted by Gasteiger charge is -2.09. The van der Waals surface area contributed by atoms with Crippen LogP contribution >= 0.6 is 11.3 Å². The van der Waals surface area contributed by atoms with Gasteiger partial charge in [0.2, 0.25) is 0 Å². The van der Waals surface area contributed by atoms with E-state index in [1.165, 1.54) is 26.2 Å². The number of aromatic nitrogens is 1. The van der Waals surface area contributed by atoms with Gasteiger partial charge < -0.3 is 14.2 Å². The third-order valence-electron chi connectivity index (χ3n) is 4.10. The first-order valence-electron chi connectivity index (χ1n) is 9.17. The minimum atomic E-state index is -0.562. The van der Waals surface area contributed by atoms with Crippen molar-refractivity contribution in [3.05, 3.63) is 75.7 Å². The molecule has 2 aromatic carbocycles. The molecule has 0 amide bonds. The van der Waals surface area contributed by atoms with Crippen molar-refractivity contribution in [3.63, 3.8) is 0 Å². The van der Waals surface area contributed by atoms with Crippen molar-refractivity contribution < 1.29 is 23.8 Å². The number of Topliss-reactive ketones (excluding diaryl/α,β-unsaturated/α-hetero) is 1. The van der Waals surface area contributed by atoms with Crippen molar-refractivity contribution in [1.82, 2.24) is 4.98 Å². The Morgan fingerprint density at radius 3 is 2.67 bits per heavy atom. The summed E-state index contributed by atoms with van der Waals surface area (Å²) >= 11 is 1.58. The topological polar surface area (TPSA) is 74.7 Å². The highest BCUT2D eigenvalue weighted by atomic mass is 32.1. The van der Waals surface area contributed by atoms with Crippen LogP contribution in [0.2, 0.25) is 0 Å². The number of thiazole rings is 1. The lowest BCUT2D eigenvalue weighted by atomic mass is 10.1. The summed E-state index contributed by atoms with van der Waals surface area (Å²) in [5, 5.41) is 2.96. The molecule has 7 heteroatoms. The third kappa shape index (κ3) is 5.78. The molecule has 0 aliphatic carbocycles. The summed E-state index contributed by atoms with van der Waals surface area (Å²) in [6.45, 7) is 3.79. The van der Waals surface area contributed by atoms with Gasteiger partial charge in [-0.1, -0.05) is 12.1 Å². The Bertz CT molecular complexity index is 1090. The van der Waals surface area contributed by atoms with Gasteiger partial charge in [0.25, 0.3) is 0 Å². The predicted octanol–water partition coefficient (Wildman–Crippen LogP) is 4.86. The highest BCUT2D eigenvalue weighted by molar-refractivity contribution is 7.09. The number of methoxy groups -OCH3 is 1. The molecule has 0 radical (unpaired) electrons. The SMILES string of the molecule is COc1cc(C(C)=O)ccc1OC(=O)/C=C/c1cccc(OCc2csc(C)n2)c1. The largest absolute Gasteiger partial charge is 0.493 e. The van der Waals surface area contributed by atoms with Crippen molar-refractivity contribution >= 4 is 29.2 Å². The molecule has 154 valence electrons. The van der Waals surface area contributed by atoms with E-state index in [4.69, 9.17) is 14.2 Å². The molecule has 1 aromatic heterocycles. The summed E-state index contributed by atoms with van der Waals surface area (Å²) in [5.74, 6) is 0.578. The molecule has 0 bridgehead atoms. The standard InChI is InChI=1S/C23H21NO5S/c1-15(25)18-8-9-21(22(12-18)27-3)29-23(26)10-7-17-5-4-6-20(11-17)28-13-19-14-30-16(2)24-19/h4-12,14H,13H2,1-3H3/b10-7+. The molecule has 0 fully saturated rings. The normalized spacial score (nSPS) is 10.8. The molecule has 3 aromatic rings. The van der Waals surface area contributed by atoms with Crippen LogP contribution in [0.1, 0.15) is 33.5 Å². The maximum atomic E-state index is 12.2. The van der Waals surface area contributed by atoms with Crippen molar-refractivity contribution in [2.75, 3.05) is 7.11 Å². The Labute approximate surface area is 178 Å². The molecule has 0 spiro atoms. The van der Waals surface area contributed by atoms with Gasteiger partial charge in [0, 0.05) is 17.0 Å². The lowest BCUT2D eigenvalue weighted by molar-refractivity contribution is -0.129. The molecule has 0 aliphatic rings. The molecular formula is C23H21NO5S. The van der Waals surface area contributed by atoms with Crippen molar-refractivity contribution in [3.8, 4) is 17.2 Å². The third-order valence-corrected chi connectivity index (χ3v) is 4.93. The number of hydrogen-bond acceptors (Lipinski definition) is 7. The number of nitrogens with zero attached hydrogens (tertiary/aromatic N) is 1. The minimum Gasteiger partial charge on any atom is -0.493 e. The van der Waals surface area contributed by atoms with Gasteiger partial charge in [-0.25, -0.2) is 9.78 Å². The second kappa shape index (κ2) is 9.84. The molecular weight excluding hydrogens is 402 g/mol. The summed E-state index contributed by atoms with van der Waals surface area (Å²) in [6.07, 6.45) is 2.96. The second-order valence-electron chi connectivity index (χ2n) is 6.40. The van der Waals surface area contributed by atoms with Gasteiger partial charge in [-0.15, -0.1) is 11.3 Å². The van der Waals surface area contributed by atoms with Gasteiger partial charge in [-0.2, -0.15) is 0 Å². The molecule has 0 saturated heterocycles. The van der Waals surface area contributed by atoms with Gasteiger partial charge in [0.15, 0.2) is 17.3 Å². The quantitative estimate of drug-likeness (QED) is 0.223. The molecule has 0 N–H and O–H groups in total. The fraction of sp³-hybridized carbons (Fsp3) is 0.174. The predicted molar refractivity (Wildman–Crippen MR) is 115 cm³/mol. The Balaban J connectivity index is 1.63. The summed E-state index contributed by atoms with van der Waals surface area (Å²) in [7, 11) is 1.45. The van der Waals surface area contributed by atoms with E-state index in [-0.39, 0.29) is 11.5 Å². The van der Waals surface area contributed by atoms with E-state index < -0.39 is 5.97 Å². The van der Waals surface area contributed by atoms with E-state index in [1.54, 1.807) is 29.5 Å². The fourth-order valence-electron chi connectivity index (χ4n) is 2.62. The fourth-order valence-corrected chi connectivity index (χ4v) is 3.21. The molecule has 0 atom stereocenters. The molecule has 30 heavy (non-hydrogen) atoms. The summed E-state index contributed by atoms with van der Waals surface area (Å²) < 4.78 is 16.3. The monoisotopic (exact) mass is 423 g/mol. The minimum absolute atomic E-state index is 0.0990. The zero-order chi connectivity index (χ0) is 21.5. The Morgan fingerprint density at radius 2 is 1.97 bits per heavy atom. The number of benzene rings is 2. The van der Waals surface area contributed by atoms with Crippen LogP contribution in [0.3, 0.4) is 0 Å². The number of ether oxygens (including phenoxy) is 3. The molecule has 0 unspecified atom stereocenters. The molecule has 1 heterocycles. The molecule has 6 nitrogen and oxygen atoms in total. The Kier molecular flexibility index (Phi) is 6.98. The van der Waals surface area contributed by atoms with E-state index in [0.29, 0.717) is 23.7 Å². The Morgan fingerprint density at radius 1 is 1.13 bits per heavy atom. The van der Waals surface area contributed by atoms with E-state index >= 15 is 0 Å². The van der Waals surface area contributed by atoms with Crippen molar-refractivity contribution in [2.45, 2.75) is 20.5 Å². The van der Waals surface area contributed by atoms with Gasteiger partial charge in [0.1, 0.15) is 12.4 Å². The van der Waals surface area contributed by atoms with E-state index in [2.05, 4.69) is 4.98 Å². The van der Waals surface area contributed by atoms with Crippen LogP contribution in [0.15, 0.2) is 53.9 Å². The number of rotatable bonds is 8. The molecule has 3 rings (SSSR count). The Hall–Kier alpha value is -3.45. The maximum Gasteiger partial charge on any atom is 0.336 e. The first kappa shape index (κ1) is 21.3. The van der Waals surface area contributed by atoms with Crippen LogP contribution < -0.4 is 14.2 Å². The van der Waals surface area contributed by atoms with Crippen LogP contribution in [0.5, 0.6) is 17.2 Å². The van der Waals surface area contributed by atoms with E-state index in [1.807, 2.05) is 36.6 Å². The number of aryl methyl sites for hydroxylation is 1. The average molecular weight is 423 g/mol. The summed E-state index contributed by atoms with van der Waals surface area (Å²) in [6, 6.07) is 12.0. The van der Waals surface area contributed by atoms with Gasteiger partial charge >= 0.3 is 5.97 Å². The first-order chi connectivity index (χ1) is 14.4. The van der Waals surface area contributed by atoms with Crippen LogP contribution in [-0.4, -0.2) is 23.8 Å². The first-order valence-corrected chi connectivity index (χ1v) is 10.1. The van der Waals surface area contributed by atoms with Gasteiger partial charge in [0.05, 0.1) is 17.8 Å². The van der Waals surface area contributed by atoms with Crippen LogP contribution in [-0.2, 0) is 11.4 Å². The lowest BCUT2D eigenvalue weighted by Crippen LogP contribution is -2.05. The highest BCUT2D eigenvalue weighted by Crippen LogP contribution is 2.28. The van der Waals surface area contributed by atoms with Gasteiger partial charge in [-0.3, -0.25) is 4.79 Å². The number of esters is 1. The van der Waals surface area contributed by atoms with Gasteiger partial charge in [-0.05, 0) is 55.8 Å². The van der Waals surface area contributed by atoms with E-state index in [0.717, 1.165) is 16.3 Å². The zero-order valence-electron chi connectivity index (χ0n) is 16.9. The molecule has 0 aliphatic heterocycles. The highest BCUT2D eigenvalue weighted by Gasteiger charge is 2.11. The summed E-state index contributed by atoms with van der Waals surface area (Å²) in [4.78, 5) is 28.0. The average Bonchev–Trinajstić information content (AvgIpc) is 3.16. The summed E-state index contributed by atoms with van der Waals surface area (Å²) in [5.41, 5.74) is 2.15. The van der Waals surface area contributed by atoms with Crippen LogP contribution in [0.4, 0.5) is 0 Å².